The number of rotatable bonds is 2. The fraction of sp³-hybridized carbons (Fsp3) is 0. The molecule has 0 amide bonds. The van der Waals surface area contributed by atoms with Crippen LogP contribution in [-0.2, 0) is 0 Å². The third-order valence-electron chi connectivity index (χ3n) is 7.50. The van der Waals surface area contributed by atoms with Gasteiger partial charge in [0.2, 0.25) is 0 Å². The van der Waals surface area contributed by atoms with Crippen molar-refractivity contribution in [2.45, 2.75) is 0 Å². The Labute approximate surface area is 296 Å². The van der Waals surface area contributed by atoms with Crippen LogP contribution in [0, 0.1) is 0 Å². The van der Waals surface area contributed by atoms with Gasteiger partial charge in [-0.25, -0.2) is 0 Å². The Kier molecular flexibility index (Phi) is 2.13. The zero-order valence-electron chi connectivity index (χ0n) is 48.4. The second-order valence-corrected chi connectivity index (χ2v) is 10.0. The van der Waals surface area contributed by atoms with E-state index in [-0.39, 0.29) is 10.8 Å². The van der Waals surface area contributed by atoms with E-state index < -0.39 is 244 Å². The Hall–Kier alpha value is -5.92. The molecule has 10 rings (SSSR count). The minimum atomic E-state index is -0.999. The third kappa shape index (κ3) is 3.68. The van der Waals surface area contributed by atoms with E-state index in [2.05, 4.69) is 0 Å². The smallest absolute Gasteiger partial charge is 0.143 e. The standard InChI is InChI=1S/C44H26O/c1-4-10-35-27(7-1)17-20-38-40(35)26-33-9-3-5-11-36(33)43(38)34-16-15-29-23-30(13-14-31(29)24-34)32-19-22-42-41(25-32)39-21-18-28-8-2-6-12-37(28)44(39)45-42/h1-26H/i1D,2D,3D,4D,5D,6D,7D,8D,9D,10D,11D,12D,13D,14D,15D,16D,17D,18D,19D,20D,21D,22D,23D,24D,25D,26D. The lowest BCUT2D eigenvalue weighted by Gasteiger charge is -2.15. The molecule has 0 atom stereocenters. The van der Waals surface area contributed by atoms with Crippen molar-refractivity contribution in [3.63, 3.8) is 0 Å². The maximum atomic E-state index is 9.67. The maximum absolute atomic E-state index is 9.67. The van der Waals surface area contributed by atoms with Gasteiger partial charge in [-0.3, -0.25) is 0 Å². The minimum Gasteiger partial charge on any atom is -0.455 e. The number of furan rings is 1. The van der Waals surface area contributed by atoms with Crippen LogP contribution in [-0.4, -0.2) is 0 Å². The Morgan fingerprint density at radius 2 is 0.911 bits per heavy atom. The van der Waals surface area contributed by atoms with Crippen LogP contribution in [0.3, 0.4) is 0 Å². The number of hydrogen-bond acceptors (Lipinski definition) is 1. The summed E-state index contributed by atoms with van der Waals surface area (Å²) >= 11 is 0. The van der Waals surface area contributed by atoms with Crippen LogP contribution in [0.2, 0.25) is 0 Å². The summed E-state index contributed by atoms with van der Waals surface area (Å²) in [5.74, 6) is 0. The molecule has 1 heteroatoms. The van der Waals surface area contributed by atoms with Gasteiger partial charge < -0.3 is 4.42 Å². The fourth-order valence-corrected chi connectivity index (χ4v) is 5.47. The van der Waals surface area contributed by atoms with Crippen LogP contribution in [0.1, 0.15) is 35.6 Å². The molecule has 45 heavy (non-hydrogen) atoms. The van der Waals surface area contributed by atoms with Crippen LogP contribution in [0.15, 0.2) is 162 Å². The highest BCUT2D eigenvalue weighted by molar-refractivity contribution is 6.20. The lowest BCUT2D eigenvalue weighted by molar-refractivity contribution is 0.672. The first kappa shape index (κ1) is 10.3. The Morgan fingerprint density at radius 3 is 1.73 bits per heavy atom. The van der Waals surface area contributed by atoms with Crippen molar-refractivity contribution in [1.82, 2.24) is 0 Å². The zero-order valence-corrected chi connectivity index (χ0v) is 22.4. The summed E-state index contributed by atoms with van der Waals surface area (Å²) in [6.45, 7) is 0. The predicted molar refractivity (Wildman–Crippen MR) is 192 cm³/mol. The molecule has 0 spiro atoms. The average Bonchev–Trinajstić information content (AvgIpc) is 3.74. The third-order valence-corrected chi connectivity index (χ3v) is 7.50. The fourth-order valence-electron chi connectivity index (χ4n) is 5.47. The molecule has 0 aliphatic rings. The second-order valence-electron chi connectivity index (χ2n) is 10.0. The van der Waals surface area contributed by atoms with Gasteiger partial charge in [-0.15, -0.1) is 0 Å². The molecule has 0 bridgehead atoms. The van der Waals surface area contributed by atoms with Gasteiger partial charge in [-0.05, 0) is 107 Å². The molecule has 1 nitrogen and oxygen atoms in total. The molecular formula is C44H26O. The van der Waals surface area contributed by atoms with Crippen LogP contribution in [0.4, 0.5) is 0 Å². The summed E-state index contributed by atoms with van der Waals surface area (Å²) in [6.07, 6.45) is 0. The zero-order chi connectivity index (χ0) is 52.1. The predicted octanol–water partition coefficient (Wildman–Crippen LogP) is 12.7. The molecule has 0 unspecified atom stereocenters. The lowest BCUT2D eigenvalue weighted by Crippen LogP contribution is -1.88. The molecule has 0 radical (unpaired) electrons. The molecule has 0 saturated heterocycles. The average molecular weight is 597 g/mol. The van der Waals surface area contributed by atoms with E-state index in [1.807, 2.05) is 0 Å². The Balaban J connectivity index is 1.38. The van der Waals surface area contributed by atoms with Gasteiger partial charge in [0.1, 0.15) is 11.2 Å². The largest absolute Gasteiger partial charge is 0.455 e. The molecular weight excluding hydrogens is 544 g/mol. The van der Waals surface area contributed by atoms with Gasteiger partial charge in [-0.1, -0.05) is 121 Å². The van der Waals surface area contributed by atoms with Crippen LogP contribution in [0.25, 0.3) is 98.1 Å². The quantitative estimate of drug-likeness (QED) is 0.143. The normalized spacial score (nSPS) is 20.1. The van der Waals surface area contributed by atoms with Gasteiger partial charge in [0.15, 0.2) is 0 Å². The Morgan fingerprint density at radius 1 is 0.333 bits per heavy atom. The highest BCUT2D eigenvalue weighted by atomic mass is 16.3. The van der Waals surface area contributed by atoms with Crippen molar-refractivity contribution >= 4 is 75.8 Å². The van der Waals surface area contributed by atoms with Crippen molar-refractivity contribution in [1.29, 1.82) is 0 Å². The molecule has 1 aromatic heterocycles. The van der Waals surface area contributed by atoms with Crippen molar-refractivity contribution < 1.29 is 40.1 Å². The summed E-state index contributed by atoms with van der Waals surface area (Å²) in [4.78, 5) is 0. The molecule has 0 aliphatic heterocycles. The summed E-state index contributed by atoms with van der Waals surface area (Å²) in [6, 6.07) is -21.6. The van der Waals surface area contributed by atoms with Gasteiger partial charge in [0.05, 0.1) is 35.6 Å². The molecule has 0 saturated carbocycles. The molecule has 0 aliphatic carbocycles. The van der Waals surface area contributed by atoms with Gasteiger partial charge in [0, 0.05) is 16.2 Å². The topological polar surface area (TPSA) is 13.1 Å². The molecule has 0 fully saturated rings. The first-order chi connectivity index (χ1) is 33.2. The highest BCUT2D eigenvalue weighted by Crippen LogP contribution is 2.41. The van der Waals surface area contributed by atoms with Crippen molar-refractivity contribution in [2.75, 3.05) is 0 Å². The minimum absolute atomic E-state index is 0.361. The van der Waals surface area contributed by atoms with E-state index >= 15 is 0 Å². The summed E-state index contributed by atoms with van der Waals surface area (Å²) in [5, 5.41) is -6.33. The number of benzene rings is 9. The van der Waals surface area contributed by atoms with E-state index in [1.165, 1.54) is 0 Å². The molecule has 9 aromatic carbocycles. The molecule has 10 aromatic rings. The number of hydrogen-bond donors (Lipinski definition) is 0. The second kappa shape index (κ2) is 9.29. The number of fused-ring (bicyclic) bond motifs is 10. The molecule has 0 N–H and O–H groups in total. The van der Waals surface area contributed by atoms with Gasteiger partial charge in [-0.2, -0.15) is 0 Å². The van der Waals surface area contributed by atoms with Crippen LogP contribution in [0.5, 0.6) is 0 Å². The van der Waals surface area contributed by atoms with E-state index in [9.17, 15) is 12.3 Å². The monoisotopic (exact) mass is 596 g/mol. The van der Waals surface area contributed by atoms with Crippen LogP contribution < -0.4 is 0 Å². The van der Waals surface area contributed by atoms with Gasteiger partial charge >= 0.3 is 0 Å². The molecule has 1 heterocycles. The highest BCUT2D eigenvalue weighted by Gasteiger charge is 2.14. The summed E-state index contributed by atoms with van der Waals surface area (Å²) in [5.41, 5.74) is -3.78. The summed E-state index contributed by atoms with van der Waals surface area (Å²) in [7, 11) is 0. The summed E-state index contributed by atoms with van der Waals surface area (Å²) < 4.78 is 238. The van der Waals surface area contributed by atoms with E-state index in [0.717, 1.165) is 0 Å². The molecule has 208 valence electrons. The van der Waals surface area contributed by atoms with E-state index in [1.54, 1.807) is 0 Å². The SMILES string of the molecule is [2H]c1c(-c2c([2H])c([2H])c3c([2H])c(-c4c5c([2H])c([2H])c([2H])c([2H])c5c([2H])c5c4c([2H])c([2H])c4c([2H])c([2H])c([2H])c([2H])c45)c([2H])c([2H])c3c2[2H])c([2H])c2c(oc3c4c([2H])c([2H])c([2H])c([2H])c4c([2H])c([2H])c32)c1[2H]. The van der Waals surface area contributed by atoms with E-state index in [4.69, 9.17) is 27.7 Å². The maximum Gasteiger partial charge on any atom is 0.143 e. The lowest BCUT2D eigenvalue weighted by atomic mass is 9.89. The first-order valence-electron chi connectivity index (χ1n) is 26.4. The van der Waals surface area contributed by atoms with Gasteiger partial charge in [0.25, 0.3) is 0 Å². The van der Waals surface area contributed by atoms with Crippen LogP contribution >= 0.6 is 0 Å². The van der Waals surface area contributed by atoms with E-state index in [0.29, 0.717) is 0 Å². The van der Waals surface area contributed by atoms with Crippen molar-refractivity contribution in [3.05, 3.63) is 157 Å². The van der Waals surface area contributed by atoms with Crippen molar-refractivity contribution in [3.8, 4) is 22.3 Å². The first-order valence-corrected chi connectivity index (χ1v) is 13.4. The Bertz CT molecular complexity index is 4290. The van der Waals surface area contributed by atoms with Crippen molar-refractivity contribution in [2.24, 2.45) is 0 Å².